The predicted molar refractivity (Wildman–Crippen MR) is 109 cm³/mol. The first-order valence-electron chi connectivity index (χ1n) is 9.96. The van der Waals surface area contributed by atoms with Crippen LogP contribution < -0.4 is 4.90 Å². The Morgan fingerprint density at radius 2 is 1.93 bits per heavy atom. The molecule has 1 atom stereocenters. The Balaban J connectivity index is 1.51. The van der Waals surface area contributed by atoms with E-state index < -0.39 is 18.2 Å². The Labute approximate surface area is 177 Å². The molecule has 2 amide bonds. The summed E-state index contributed by atoms with van der Waals surface area (Å²) >= 11 is 1.34. The first-order chi connectivity index (χ1) is 14.4. The van der Waals surface area contributed by atoms with Crippen LogP contribution in [0.1, 0.15) is 50.6 Å². The van der Waals surface area contributed by atoms with Gasteiger partial charge in [-0.25, -0.2) is 4.79 Å². The number of esters is 1. The number of ketones is 1. The first kappa shape index (κ1) is 19.0. The molecule has 1 saturated carbocycles. The van der Waals surface area contributed by atoms with E-state index in [1.165, 1.54) is 21.1 Å². The molecule has 7 nitrogen and oxygen atoms in total. The number of nitrogens with zero attached hydrogens (tertiary/aromatic N) is 2. The summed E-state index contributed by atoms with van der Waals surface area (Å²) in [4.78, 5) is 56.5. The number of benzene rings is 1. The quantitative estimate of drug-likeness (QED) is 0.544. The van der Waals surface area contributed by atoms with Crippen molar-refractivity contribution in [2.45, 2.75) is 44.3 Å². The fourth-order valence-electron chi connectivity index (χ4n) is 4.41. The lowest BCUT2D eigenvalue weighted by Gasteiger charge is -2.48. The highest BCUT2D eigenvalue weighted by atomic mass is 32.1. The van der Waals surface area contributed by atoms with Gasteiger partial charge in [-0.05, 0) is 44.0 Å². The summed E-state index contributed by atoms with van der Waals surface area (Å²) in [6.45, 7) is 1.48. The van der Waals surface area contributed by atoms with Gasteiger partial charge in [0.1, 0.15) is 0 Å². The zero-order chi connectivity index (χ0) is 21.0. The van der Waals surface area contributed by atoms with Crippen LogP contribution in [0, 0.1) is 6.92 Å². The van der Waals surface area contributed by atoms with Crippen LogP contribution in [0.25, 0.3) is 0 Å². The number of hydrogen-bond donors (Lipinski definition) is 0. The first-order valence-corrected chi connectivity index (χ1v) is 10.8. The fraction of sp³-hybridized carbons (Fsp3) is 0.364. The van der Waals surface area contributed by atoms with Crippen LogP contribution in [-0.4, -0.2) is 46.8 Å². The molecule has 1 aromatic heterocycles. The lowest BCUT2D eigenvalue weighted by molar-refractivity contribution is -0.156. The Hall–Kier alpha value is -3.00. The van der Waals surface area contributed by atoms with E-state index in [0.717, 1.165) is 17.7 Å². The highest BCUT2D eigenvalue weighted by molar-refractivity contribution is 7.14. The second-order valence-electron chi connectivity index (χ2n) is 7.88. The second kappa shape index (κ2) is 6.77. The Morgan fingerprint density at radius 3 is 2.63 bits per heavy atom. The van der Waals surface area contributed by atoms with Crippen LogP contribution in [0.4, 0.5) is 5.69 Å². The van der Waals surface area contributed by atoms with Gasteiger partial charge in [0.25, 0.3) is 5.91 Å². The summed E-state index contributed by atoms with van der Waals surface area (Å²) in [5.41, 5.74) is -0.678. The molecule has 2 aromatic rings. The van der Waals surface area contributed by atoms with Gasteiger partial charge in [-0.3, -0.25) is 19.3 Å². The standard InChI is InChI=1S/C22H20N2O5S/c1-13-6-9-18(30-13)17(25)12-29-21(28)22-11-10-19(26)24(22)16-5-3-2-4-15(16)20(27)23(22)14-7-8-14/h2-6,9,14H,7-8,10-12H2,1H3/t22-/m1/s1. The van der Waals surface area contributed by atoms with Crippen molar-refractivity contribution in [1.82, 2.24) is 4.90 Å². The molecule has 154 valence electrons. The van der Waals surface area contributed by atoms with E-state index in [4.69, 9.17) is 4.74 Å². The van der Waals surface area contributed by atoms with Crippen molar-refractivity contribution in [3.05, 3.63) is 51.7 Å². The number of thiophene rings is 1. The van der Waals surface area contributed by atoms with Crippen LogP contribution >= 0.6 is 11.3 Å². The van der Waals surface area contributed by atoms with Gasteiger partial charge < -0.3 is 9.64 Å². The van der Waals surface area contributed by atoms with Crippen molar-refractivity contribution < 1.29 is 23.9 Å². The number of fused-ring (bicyclic) bond motifs is 3. The van der Waals surface area contributed by atoms with E-state index in [-0.39, 0.29) is 36.5 Å². The lowest BCUT2D eigenvalue weighted by atomic mass is 9.96. The molecule has 30 heavy (non-hydrogen) atoms. The molecule has 2 aliphatic heterocycles. The number of anilines is 1. The van der Waals surface area contributed by atoms with Crippen molar-refractivity contribution in [1.29, 1.82) is 0 Å². The largest absolute Gasteiger partial charge is 0.454 e. The van der Waals surface area contributed by atoms with Crippen molar-refractivity contribution in [3.8, 4) is 0 Å². The number of carbonyl (C=O) groups is 4. The van der Waals surface area contributed by atoms with E-state index >= 15 is 0 Å². The number of carbonyl (C=O) groups excluding carboxylic acids is 4. The van der Waals surface area contributed by atoms with Crippen molar-refractivity contribution in [3.63, 3.8) is 0 Å². The van der Waals surface area contributed by atoms with Gasteiger partial charge in [0, 0.05) is 23.8 Å². The molecule has 2 fully saturated rings. The molecule has 1 saturated heterocycles. The number of para-hydroxylation sites is 1. The third kappa shape index (κ3) is 2.70. The van der Waals surface area contributed by atoms with Crippen LogP contribution in [0.3, 0.4) is 0 Å². The third-order valence-corrected chi connectivity index (χ3v) is 6.93. The number of aryl methyl sites for hydroxylation is 1. The molecule has 0 N–H and O–H groups in total. The van der Waals surface area contributed by atoms with Gasteiger partial charge in [0.2, 0.25) is 17.4 Å². The SMILES string of the molecule is Cc1ccc(C(=O)COC(=O)[C@@]23CCC(=O)N2c2ccccc2C(=O)N3C2CC2)s1. The van der Waals surface area contributed by atoms with Crippen LogP contribution in [0.5, 0.6) is 0 Å². The maximum Gasteiger partial charge on any atom is 0.354 e. The van der Waals surface area contributed by atoms with Gasteiger partial charge in [-0.15, -0.1) is 11.3 Å². The molecule has 0 bridgehead atoms. The topological polar surface area (TPSA) is 84.0 Å². The maximum atomic E-state index is 13.4. The van der Waals surface area contributed by atoms with E-state index in [1.54, 1.807) is 30.3 Å². The minimum absolute atomic E-state index is 0.109. The summed E-state index contributed by atoms with van der Waals surface area (Å²) in [5, 5.41) is 0. The van der Waals surface area contributed by atoms with Crippen LogP contribution in [0.15, 0.2) is 36.4 Å². The van der Waals surface area contributed by atoms with E-state index in [0.29, 0.717) is 16.1 Å². The summed E-state index contributed by atoms with van der Waals surface area (Å²) in [5.74, 6) is -1.51. The molecule has 8 heteroatoms. The summed E-state index contributed by atoms with van der Waals surface area (Å²) < 4.78 is 5.46. The van der Waals surface area contributed by atoms with Gasteiger partial charge in [0.15, 0.2) is 6.61 Å². The minimum Gasteiger partial charge on any atom is -0.454 e. The highest BCUT2D eigenvalue weighted by Crippen LogP contribution is 2.49. The lowest BCUT2D eigenvalue weighted by Crippen LogP contribution is -2.69. The highest BCUT2D eigenvalue weighted by Gasteiger charge is 2.64. The summed E-state index contributed by atoms with van der Waals surface area (Å²) in [6.07, 6.45) is 1.85. The molecule has 0 spiro atoms. The zero-order valence-corrected chi connectivity index (χ0v) is 17.2. The fourth-order valence-corrected chi connectivity index (χ4v) is 5.21. The van der Waals surface area contributed by atoms with Gasteiger partial charge in [-0.2, -0.15) is 0 Å². The van der Waals surface area contributed by atoms with E-state index in [1.807, 2.05) is 13.0 Å². The zero-order valence-electron chi connectivity index (χ0n) is 16.4. The number of rotatable bonds is 5. The van der Waals surface area contributed by atoms with Gasteiger partial charge >= 0.3 is 5.97 Å². The normalized spacial score (nSPS) is 22.7. The molecule has 3 aliphatic rings. The second-order valence-corrected chi connectivity index (χ2v) is 9.17. The van der Waals surface area contributed by atoms with Crippen molar-refractivity contribution in [2.75, 3.05) is 11.5 Å². The molecular weight excluding hydrogens is 404 g/mol. The molecule has 0 radical (unpaired) electrons. The van der Waals surface area contributed by atoms with Crippen molar-refractivity contribution in [2.24, 2.45) is 0 Å². The van der Waals surface area contributed by atoms with Crippen molar-refractivity contribution >= 4 is 40.6 Å². The third-order valence-electron chi connectivity index (χ3n) is 5.89. The average Bonchev–Trinajstić information content (AvgIpc) is 3.38. The van der Waals surface area contributed by atoms with E-state index in [2.05, 4.69) is 0 Å². The number of ether oxygens (including phenoxy) is 1. The van der Waals surface area contributed by atoms with Gasteiger partial charge in [0.05, 0.1) is 16.1 Å². The van der Waals surface area contributed by atoms with Gasteiger partial charge in [-0.1, -0.05) is 12.1 Å². The van der Waals surface area contributed by atoms with Crippen LogP contribution in [0.2, 0.25) is 0 Å². The number of hydrogen-bond acceptors (Lipinski definition) is 6. The molecule has 5 rings (SSSR count). The smallest absolute Gasteiger partial charge is 0.354 e. The monoisotopic (exact) mass is 424 g/mol. The number of amides is 2. The molecule has 3 heterocycles. The van der Waals surface area contributed by atoms with E-state index in [9.17, 15) is 19.2 Å². The Morgan fingerprint density at radius 1 is 1.17 bits per heavy atom. The number of Topliss-reactive ketones (excluding diaryl/α,β-unsaturated/α-hetero) is 1. The maximum absolute atomic E-state index is 13.4. The Kier molecular flexibility index (Phi) is 4.28. The summed E-state index contributed by atoms with van der Waals surface area (Å²) in [6, 6.07) is 10.3. The summed E-state index contributed by atoms with van der Waals surface area (Å²) in [7, 11) is 0. The molecule has 0 unspecified atom stereocenters. The average molecular weight is 424 g/mol. The molecule has 1 aliphatic carbocycles. The molecule has 1 aromatic carbocycles. The predicted octanol–water partition coefficient (Wildman–Crippen LogP) is 2.92. The van der Waals surface area contributed by atoms with Crippen LogP contribution in [-0.2, 0) is 14.3 Å². The minimum atomic E-state index is -1.52. The molecular formula is C22H20N2O5S. The Bertz CT molecular complexity index is 1090.